The molecule has 0 unspecified atom stereocenters. The minimum absolute atomic E-state index is 0.703. The molecule has 1 aromatic rings. The van der Waals surface area contributed by atoms with Gasteiger partial charge in [-0.05, 0) is 37.1 Å². The molecule has 0 heterocycles. The van der Waals surface area contributed by atoms with Crippen molar-refractivity contribution >= 4 is 23.2 Å². The number of hydrogen-bond acceptors (Lipinski definition) is 1. The maximum atomic E-state index is 6.08. The van der Waals surface area contributed by atoms with Crippen LogP contribution in [0.25, 0.3) is 0 Å². The van der Waals surface area contributed by atoms with Gasteiger partial charge in [-0.2, -0.15) is 0 Å². The lowest BCUT2D eigenvalue weighted by molar-refractivity contribution is 0.677. The van der Waals surface area contributed by atoms with Crippen LogP contribution in [0, 0.1) is 6.92 Å². The molecule has 3 heteroatoms. The van der Waals surface area contributed by atoms with E-state index in [9.17, 15) is 0 Å². The maximum Gasteiger partial charge on any atom is 0.0453 e. The van der Waals surface area contributed by atoms with Gasteiger partial charge in [0.1, 0.15) is 0 Å². The van der Waals surface area contributed by atoms with Gasteiger partial charge in [-0.1, -0.05) is 23.7 Å². The van der Waals surface area contributed by atoms with Crippen LogP contribution in [-0.4, -0.2) is 12.4 Å². The van der Waals surface area contributed by atoms with Crippen LogP contribution in [-0.2, 0) is 6.54 Å². The van der Waals surface area contributed by atoms with Gasteiger partial charge in [-0.25, -0.2) is 0 Å². The summed E-state index contributed by atoms with van der Waals surface area (Å²) in [6.45, 7) is 3.79. The number of alkyl halides is 1. The quantitative estimate of drug-likeness (QED) is 0.606. The molecule has 0 spiro atoms. The fourth-order valence-corrected chi connectivity index (χ4v) is 1.65. The summed E-state index contributed by atoms with van der Waals surface area (Å²) in [5.74, 6) is 0.703. The van der Waals surface area contributed by atoms with E-state index < -0.39 is 0 Å². The van der Waals surface area contributed by atoms with E-state index in [-0.39, 0.29) is 0 Å². The van der Waals surface area contributed by atoms with Crippen LogP contribution in [0.4, 0.5) is 0 Å². The standard InChI is InChI=1S/C11H15Cl2N/c1-9-3-4-10(11(13)7-9)8-14-6-2-5-12/h3-4,7,14H,2,5-6,8H2,1H3. The fraction of sp³-hybridized carbons (Fsp3) is 0.455. The summed E-state index contributed by atoms with van der Waals surface area (Å²) in [6.07, 6.45) is 0.991. The molecule has 0 aliphatic rings. The minimum atomic E-state index is 0.703. The molecule has 0 aliphatic carbocycles. The van der Waals surface area contributed by atoms with Crippen LogP contribution in [0.3, 0.4) is 0 Å². The Balaban J connectivity index is 2.42. The van der Waals surface area contributed by atoms with E-state index in [1.165, 1.54) is 5.56 Å². The molecule has 0 fully saturated rings. The number of rotatable bonds is 5. The van der Waals surface area contributed by atoms with Crippen LogP contribution < -0.4 is 5.32 Å². The van der Waals surface area contributed by atoms with Gasteiger partial charge in [-0.15, -0.1) is 11.6 Å². The van der Waals surface area contributed by atoms with Crippen LogP contribution in [0.5, 0.6) is 0 Å². The maximum absolute atomic E-state index is 6.08. The Morgan fingerprint density at radius 1 is 1.36 bits per heavy atom. The second-order valence-electron chi connectivity index (χ2n) is 3.31. The Kier molecular flexibility index (Phi) is 5.31. The molecule has 0 atom stereocenters. The largest absolute Gasteiger partial charge is 0.313 e. The van der Waals surface area contributed by atoms with Crippen LogP contribution >= 0.6 is 23.2 Å². The number of nitrogens with one attached hydrogen (secondary N) is 1. The van der Waals surface area contributed by atoms with Crippen molar-refractivity contribution in [2.24, 2.45) is 0 Å². The fourth-order valence-electron chi connectivity index (χ4n) is 1.21. The summed E-state index contributed by atoms with van der Waals surface area (Å²) < 4.78 is 0. The molecule has 0 aliphatic heterocycles. The van der Waals surface area contributed by atoms with Crippen molar-refractivity contribution in [1.29, 1.82) is 0 Å². The van der Waals surface area contributed by atoms with E-state index in [1.807, 2.05) is 13.0 Å². The summed E-state index contributed by atoms with van der Waals surface area (Å²) in [7, 11) is 0. The molecule has 0 aromatic heterocycles. The number of benzene rings is 1. The second kappa shape index (κ2) is 6.28. The molecule has 1 N–H and O–H groups in total. The van der Waals surface area contributed by atoms with Gasteiger partial charge < -0.3 is 5.32 Å². The number of halogens is 2. The third kappa shape index (κ3) is 3.87. The predicted octanol–water partition coefficient (Wildman–Crippen LogP) is 3.37. The predicted molar refractivity (Wildman–Crippen MR) is 63.2 cm³/mol. The molecule has 0 radical (unpaired) electrons. The normalized spacial score (nSPS) is 10.5. The van der Waals surface area contributed by atoms with Gasteiger partial charge in [0.05, 0.1) is 0 Å². The van der Waals surface area contributed by atoms with E-state index >= 15 is 0 Å². The molecule has 14 heavy (non-hydrogen) atoms. The average molecular weight is 232 g/mol. The first-order chi connectivity index (χ1) is 6.74. The van der Waals surface area contributed by atoms with Gasteiger partial charge in [0, 0.05) is 17.4 Å². The van der Waals surface area contributed by atoms with Crippen LogP contribution in [0.2, 0.25) is 5.02 Å². The Bertz CT molecular complexity index is 287. The average Bonchev–Trinajstić information content (AvgIpc) is 2.15. The third-order valence-corrected chi connectivity index (χ3v) is 2.63. The zero-order valence-corrected chi connectivity index (χ0v) is 9.83. The van der Waals surface area contributed by atoms with Crippen molar-refractivity contribution in [3.63, 3.8) is 0 Å². The monoisotopic (exact) mass is 231 g/mol. The van der Waals surface area contributed by atoms with Gasteiger partial charge in [0.15, 0.2) is 0 Å². The Morgan fingerprint density at radius 2 is 2.14 bits per heavy atom. The van der Waals surface area contributed by atoms with E-state index in [0.29, 0.717) is 5.88 Å². The van der Waals surface area contributed by atoms with Crippen LogP contribution in [0.15, 0.2) is 18.2 Å². The first kappa shape index (κ1) is 11.8. The highest BCUT2D eigenvalue weighted by Crippen LogP contribution is 2.17. The highest BCUT2D eigenvalue weighted by molar-refractivity contribution is 6.31. The molecule has 78 valence electrons. The molecule has 0 amide bonds. The first-order valence-corrected chi connectivity index (χ1v) is 5.67. The van der Waals surface area contributed by atoms with E-state index in [4.69, 9.17) is 23.2 Å². The Morgan fingerprint density at radius 3 is 2.79 bits per heavy atom. The summed E-state index contributed by atoms with van der Waals surface area (Å²) in [4.78, 5) is 0. The second-order valence-corrected chi connectivity index (χ2v) is 4.10. The topological polar surface area (TPSA) is 12.0 Å². The molecule has 1 rings (SSSR count). The lowest BCUT2D eigenvalue weighted by Crippen LogP contribution is -2.15. The summed E-state index contributed by atoms with van der Waals surface area (Å²) in [5, 5.41) is 4.13. The highest BCUT2D eigenvalue weighted by Gasteiger charge is 1.99. The zero-order valence-electron chi connectivity index (χ0n) is 8.32. The minimum Gasteiger partial charge on any atom is -0.313 e. The molecule has 1 aromatic carbocycles. The van der Waals surface area contributed by atoms with Crippen molar-refractivity contribution in [2.45, 2.75) is 19.9 Å². The van der Waals surface area contributed by atoms with Crippen LogP contribution in [0.1, 0.15) is 17.5 Å². The van der Waals surface area contributed by atoms with Gasteiger partial charge >= 0.3 is 0 Å². The van der Waals surface area contributed by atoms with Crippen molar-refractivity contribution in [1.82, 2.24) is 5.32 Å². The molecular formula is C11H15Cl2N. The third-order valence-electron chi connectivity index (χ3n) is 2.01. The highest BCUT2D eigenvalue weighted by atomic mass is 35.5. The Labute approximate surface area is 95.4 Å². The first-order valence-electron chi connectivity index (χ1n) is 4.75. The summed E-state index contributed by atoms with van der Waals surface area (Å²) in [6, 6.07) is 6.12. The smallest absolute Gasteiger partial charge is 0.0453 e. The summed E-state index contributed by atoms with van der Waals surface area (Å²) in [5.41, 5.74) is 2.34. The molecular weight excluding hydrogens is 217 g/mol. The van der Waals surface area contributed by atoms with Gasteiger partial charge in [0.25, 0.3) is 0 Å². The molecule has 1 nitrogen and oxygen atoms in total. The van der Waals surface area contributed by atoms with Gasteiger partial charge in [0.2, 0.25) is 0 Å². The number of aryl methyl sites for hydroxylation is 1. The van der Waals surface area contributed by atoms with E-state index in [2.05, 4.69) is 17.4 Å². The molecule has 0 saturated heterocycles. The van der Waals surface area contributed by atoms with Crippen molar-refractivity contribution < 1.29 is 0 Å². The zero-order chi connectivity index (χ0) is 10.4. The Hall–Kier alpha value is -0.240. The van der Waals surface area contributed by atoms with E-state index in [0.717, 1.165) is 30.1 Å². The number of hydrogen-bond donors (Lipinski definition) is 1. The van der Waals surface area contributed by atoms with Crippen molar-refractivity contribution in [2.75, 3.05) is 12.4 Å². The lowest BCUT2D eigenvalue weighted by Gasteiger charge is -2.06. The SMILES string of the molecule is Cc1ccc(CNCCCCl)c(Cl)c1. The molecule has 0 saturated carbocycles. The van der Waals surface area contributed by atoms with Crippen molar-refractivity contribution in [3.05, 3.63) is 34.3 Å². The lowest BCUT2D eigenvalue weighted by atomic mass is 10.1. The van der Waals surface area contributed by atoms with Gasteiger partial charge in [-0.3, -0.25) is 0 Å². The van der Waals surface area contributed by atoms with Crippen molar-refractivity contribution in [3.8, 4) is 0 Å². The molecule has 0 bridgehead atoms. The summed E-state index contributed by atoms with van der Waals surface area (Å²) >= 11 is 11.6. The van der Waals surface area contributed by atoms with E-state index in [1.54, 1.807) is 0 Å².